The number of carbonyl (C=O) groups is 2. The lowest BCUT2D eigenvalue weighted by Crippen LogP contribution is -2.43. The van der Waals surface area contributed by atoms with Crippen molar-refractivity contribution in [3.63, 3.8) is 0 Å². The highest BCUT2D eigenvalue weighted by Crippen LogP contribution is 2.51. The van der Waals surface area contributed by atoms with Crippen molar-refractivity contribution in [3.8, 4) is 0 Å². The monoisotopic (exact) mass is 325 g/mol. The maximum Gasteiger partial charge on any atom is 0.308 e. The molecule has 0 aromatic heterocycles. The number of hydrogen-bond donors (Lipinski definition) is 1. The number of piperidine rings is 1. The van der Waals surface area contributed by atoms with Crippen molar-refractivity contribution in [2.45, 2.75) is 25.2 Å². The van der Waals surface area contributed by atoms with Crippen LogP contribution < -0.4 is 0 Å². The van der Waals surface area contributed by atoms with Gasteiger partial charge in [0.25, 0.3) is 0 Å². The summed E-state index contributed by atoms with van der Waals surface area (Å²) in [7, 11) is 0. The summed E-state index contributed by atoms with van der Waals surface area (Å²) in [5, 5.41) is 9.44. The van der Waals surface area contributed by atoms with Gasteiger partial charge in [-0.25, -0.2) is 4.39 Å². The molecule has 1 aliphatic carbocycles. The van der Waals surface area contributed by atoms with Gasteiger partial charge in [-0.2, -0.15) is 0 Å². The Morgan fingerprint density at radius 3 is 2.82 bits per heavy atom. The molecule has 118 valence electrons. The van der Waals surface area contributed by atoms with Gasteiger partial charge in [0.15, 0.2) is 0 Å². The molecule has 1 N–H and O–H groups in total. The second kappa shape index (κ2) is 5.88. The molecule has 3 atom stereocenters. The number of benzene rings is 1. The lowest BCUT2D eigenvalue weighted by Gasteiger charge is -2.31. The van der Waals surface area contributed by atoms with Crippen molar-refractivity contribution < 1.29 is 19.1 Å². The lowest BCUT2D eigenvalue weighted by molar-refractivity contribution is -0.146. The SMILES string of the molecule is O=C(O)[C@H]1CCCN(C(=O)C2CC2c2c(F)cccc2Cl)C1. The standard InChI is InChI=1S/C16H17ClFNO3/c17-12-4-1-5-13(18)14(12)10-7-11(10)15(20)19-6-2-3-9(8-19)16(21)22/h1,4-5,9-11H,2-3,6-8H2,(H,21,22)/t9-,10?,11?/m0/s1. The molecule has 6 heteroatoms. The molecule has 1 saturated carbocycles. The van der Waals surface area contributed by atoms with Crippen LogP contribution in [-0.4, -0.2) is 35.0 Å². The zero-order valence-electron chi connectivity index (χ0n) is 12.0. The Bertz CT molecular complexity index is 601. The number of likely N-dealkylation sites (tertiary alicyclic amines) is 1. The van der Waals surface area contributed by atoms with Gasteiger partial charge in [-0.3, -0.25) is 9.59 Å². The molecule has 1 aromatic rings. The predicted octanol–water partition coefficient (Wildman–Crippen LogP) is 2.91. The number of carboxylic acid groups (broad SMARTS) is 1. The van der Waals surface area contributed by atoms with Crippen LogP contribution in [0.25, 0.3) is 0 Å². The molecule has 1 saturated heterocycles. The van der Waals surface area contributed by atoms with E-state index in [1.54, 1.807) is 17.0 Å². The normalized spacial score (nSPS) is 27.5. The fraction of sp³-hybridized carbons (Fsp3) is 0.500. The first-order valence-electron chi connectivity index (χ1n) is 7.44. The minimum absolute atomic E-state index is 0.0738. The highest BCUT2D eigenvalue weighted by Gasteiger charge is 2.48. The molecule has 0 bridgehead atoms. The van der Waals surface area contributed by atoms with Gasteiger partial charge >= 0.3 is 5.97 Å². The number of carbonyl (C=O) groups excluding carboxylic acids is 1. The minimum Gasteiger partial charge on any atom is -0.481 e. The van der Waals surface area contributed by atoms with E-state index in [9.17, 15) is 14.0 Å². The van der Waals surface area contributed by atoms with E-state index in [-0.39, 0.29) is 30.1 Å². The molecule has 2 aliphatic rings. The summed E-state index contributed by atoms with van der Waals surface area (Å²) >= 11 is 6.04. The highest BCUT2D eigenvalue weighted by molar-refractivity contribution is 6.31. The van der Waals surface area contributed by atoms with Crippen LogP contribution in [0.2, 0.25) is 5.02 Å². The van der Waals surface area contributed by atoms with E-state index in [1.165, 1.54) is 6.07 Å². The summed E-state index contributed by atoms with van der Waals surface area (Å²) in [6, 6.07) is 4.52. The largest absolute Gasteiger partial charge is 0.481 e. The van der Waals surface area contributed by atoms with Crippen LogP contribution in [0.1, 0.15) is 30.7 Å². The predicted molar refractivity (Wildman–Crippen MR) is 79.2 cm³/mol. The van der Waals surface area contributed by atoms with Gasteiger partial charge < -0.3 is 10.0 Å². The van der Waals surface area contributed by atoms with Gasteiger partial charge in [-0.1, -0.05) is 17.7 Å². The van der Waals surface area contributed by atoms with Crippen LogP contribution in [0.3, 0.4) is 0 Å². The zero-order valence-corrected chi connectivity index (χ0v) is 12.7. The fourth-order valence-corrected chi connectivity index (χ4v) is 3.57. The zero-order chi connectivity index (χ0) is 15.9. The molecular weight excluding hydrogens is 309 g/mol. The molecular formula is C16H17ClFNO3. The van der Waals surface area contributed by atoms with Crippen LogP contribution >= 0.6 is 11.6 Å². The maximum atomic E-state index is 13.9. The van der Waals surface area contributed by atoms with Crippen LogP contribution in [0.4, 0.5) is 4.39 Å². The number of rotatable bonds is 3. The average Bonchev–Trinajstić information content (AvgIpc) is 3.26. The Hall–Kier alpha value is -1.62. The van der Waals surface area contributed by atoms with Gasteiger partial charge in [0.05, 0.1) is 5.92 Å². The van der Waals surface area contributed by atoms with Crippen molar-refractivity contribution in [1.82, 2.24) is 4.90 Å². The van der Waals surface area contributed by atoms with Gasteiger partial charge in [0.2, 0.25) is 5.91 Å². The molecule has 2 unspecified atom stereocenters. The number of nitrogens with zero attached hydrogens (tertiary/aromatic N) is 1. The first kappa shape index (κ1) is 15.3. The molecule has 4 nitrogen and oxygen atoms in total. The van der Waals surface area contributed by atoms with E-state index >= 15 is 0 Å². The Balaban J connectivity index is 1.69. The Kier molecular flexibility index (Phi) is 4.08. The third-order valence-corrected chi connectivity index (χ3v) is 4.89. The Labute approximate surface area is 132 Å². The number of carboxylic acids is 1. The summed E-state index contributed by atoms with van der Waals surface area (Å²) in [4.78, 5) is 25.2. The summed E-state index contributed by atoms with van der Waals surface area (Å²) in [6.45, 7) is 0.833. The van der Waals surface area contributed by atoms with Gasteiger partial charge in [-0.15, -0.1) is 0 Å². The van der Waals surface area contributed by atoms with Crippen molar-refractivity contribution in [2.75, 3.05) is 13.1 Å². The van der Waals surface area contributed by atoms with Crippen molar-refractivity contribution >= 4 is 23.5 Å². The Morgan fingerprint density at radius 2 is 2.14 bits per heavy atom. The summed E-state index contributed by atoms with van der Waals surface area (Å²) in [5.74, 6) is -2.27. The molecule has 1 aliphatic heterocycles. The third-order valence-electron chi connectivity index (χ3n) is 4.56. The molecule has 3 rings (SSSR count). The van der Waals surface area contributed by atoms with Crippen molar-refractivity contribution in [2.24, 2.45) is 11.8 Å². The molecule has 0 radical (unpaired) electrons. The van der Waals surface area contributed by atoms with Crippen LogP contribution in [0.5, 0.6) is 0 Å². The first-order valence-corrected chi connectivity index (χ1v) is 7.82. The molecule has 0 spiro atoms. The van der Waals surface area contributed by atoms with Gasteiger partial charge in [-0.05, 0) is 31.4 Å². The van der Waals surface area contributed by atoms with Crippen LogP contribution in [0, 0.1) is 17.7 Å². The first-order chi connectivity index (χ1) is 10.5. The minimum atomic E-state index is -0.859. The summed E-state index contributed by atoms with van der Waals surface area (Å²) in [6.07, 6.45) is 1.88. The number of aliphatic carboxylic acids is 1. The third kappa shape index (κ3) is 2.82. The van der Waals surface area contributed by atoms with E-state index in [4.69, 9.17) is 16.7 Å². The molecule has 22 heavy (non-hydrogen) atoms. The van der Waals surface area contributed by atoms with E-state index < -0.39 is 11.9 Å². The second-order valence-corrected chi connectivity index (χ2v) is 6.45. The highest BCUT2D eigenvalue weighted by atomic mass is 35.5. The molecule has 2 fully saturated rings. The molecule has 1 amide bonds. The summed E-state index contributed by atoms with van der Waals surface area (Å²) < 4.78 is 13.9. The van der Waals surface area contributed by atoms with E-state index in [0.717, 1.165) is 0 Å². The number of halogens is 2. The van der Waals surface area contributed by atoms with E-state index in [1.807, 2.05) is 0 Å². The van der Waals surface area contributed by atoms with Gasteiger partial charge in [0.1, 0.15) is 5.82 Å². The Morgan fingerprint density at radius 1 is 1.36 bits per heavy atom. The molecule has 1 aromatic carbocycles. The average molecular weight is 326 g/mol. The number of hydrogen-bond acceptors (Lipinski definition) is 2. The smallest absolute Gasteiger partial charge is 0.308 e. The topological polar surface area (TPSA) is 57.6 Å². The van der Waals surface area contributed by atoms with Crippen molar-refractivity contribution in [1.29, 1.82) is 0 Å². The quantitative estimate of drug-likeness (QED) is 0.929. The summed E-state index contributed by atoms with van der Waals surface area (Å²) in [5.41, 5.74) is 0.411. The van der Waals surface area contributed by atoms with E-state index in [0.29, 0.717) is 36.4 Å². The molecule has 1 heterocycles. The number of amides is 1. The lowest BCUT2D eigenvalue weighted by atomic mass is 9.97. The fourth-order valence-electron chi connectivity index (χ4n) is 3.27. The van der Waals surface area contributed by atoms with Gasteiger partial charge in [0, 0.05) is 35.5 Å². The van der Waals surface area contributed by atoms with Crippen LogP contribution in [-0.2, 0) is 9.59 Å². The maximum absolute atomic E-state index is 13.9. The van der Waals surface area contributed by atoms with Crippen molar-refractivity contribution in [3.05, 3.63) is 34.6 Å². The van der Waals surface area contributed by atoms with E-state index in [2.05, 4.69) is 0 Å². The second-order valence-electron chi connectivity index (χ2n) is 6.05. The van der Waals surface area contributed by atoms with Crippen LogP contribution in [0.15, 0.2) is 18.2 Å².